The molecular weight excluding hydrogens is 442 g/mol. The summed E-state index contributed by atoms with van der Waals surface area (Å²) in [5.41, 5.74) is 2.55. The molecule has 7 heteroatoms. The Morgan fingerprint density at radius 2 is 1.63 bits per heavy atom. The highest BCUT2D eigenvalue weighted by Crippen LogP contribution is 2.40. The summed E-state index contributed by atoms with van der Waals surface area (Å²) < 4.78 is 5.21. The number of amides is 1. The fourth-order valence-electron chi connectivity index (χ4n) is 4.71. The van der Waals surface area contributed by atoms with E-state index in [9.17, 15) is 14.7 Å². The number of rotatable bonds is 6. The number of hydrogen-bond donors (Lipinski definition) is 2. The van der Waals surface area contributed by atoms with Gasteiger partial charge >= 0.3 is 0 Å². The summed E-state index contributed by atoms with van der Waals surface area (Å²) in [5, 5.41) is 14.6. The molecule has 2 aliphatic rings. The molecule has 2 fully saturated rings. The van der Waals surface area contributed by atoms with Crippen LogP contribution in [0.3, 0.4) is 0 Å². The van der Waals surface area contributed by atoms with Crippen molar-refractivity contribution in [1.82, 2.24) is 15.1 Å². The van der Waals surface area contributed by atoms with Gasteiger partial charge in [0, 0.05) is 44.8 Å². The Hall–Kier alpha value is -3.16. The molecule has 1 unspecified atom stereocenters. The number of piperazine rings is 1. The summed E-state index contributed by atoms with van der Waals surface area (Å²) >= 11 is 0. The van der Waals surface area contributed by atoms with Crippen molar-refractivity contribution in [2.45, 2.75) is 32.2 Å². The van der Waals surface area contributed by atoms with Crippen LogP contribution < -0.4 is 10.1 Å². The van der Waals surface area contributed by atoms with Crippen molar-refractivity contribution < 1.29 is 19.4 Å². The third-order valence-electron chi connectivity index (χ3n) is 6.86. The average Bonchev–Trinajstić information content (AvgIpc) is 3.12. The summed E-state index contributed by atoms with van der Waals surface area (Å²) in [7, 11) is 1.57. The lowest BCUT2D eigenvalue weighted by molar-refractivity contribution is -0.140. The van der Waals surface area contributed by atoms with Crippen molar-refractivity contribution in [2.75, 3.05) is 46.4 Å². The number of carbonyl (C=O) groups is 2. The standard InChI is InChI=1S/C28H35N3O4/c1-28(2,3)21-9-5-19(6-10-21)24-23(25(32)20-7-11-22(35-4)12-8-20)26(33)27(34)31(24)18-17-30-15-13-29-14-16-30/h5-12,24,29,32H,13-18H2,1-4H3. The number of Topliss-reactive ketones (excluding diaryl/α,β-unsaturated/α-hetero) is 1. The summed E-state index contributed by atoms with van der Waals surface area (Å²) in [6, 6.07) is 14.2. The zero-order valence-corrected chi connectivity index (χ0v) is 21.0. The fraction of sp³-hybridized carbons (Fsp3) is 0.429. The molecular formula is C28H35N3O4. The van der Waals surface area contributed by atoms with E-state index in [4.69, 9.17) is 4.74 Å². The quantitative estimate of drug-likeness (QED) is 0.377. The van der Waals surface area contributed by atoms with Gasteiger partial charge in [-0.25, -0.2) is 0 Å². The molecule has 1 atom stereocenters. The Bertz CT molecular complexity index is 1090. The van der Waals surface area contributed by atoms with Crippen molar-refractivity contribution >= 4 is 17.4 Å². The molecule has 0 aromatic heterocycles. The maximum Gasteiger partial charge on any atom is 0.295 e. The van der Waals surface area contributed by atoms with Crippen molar-refractivity contribution in [3.05, 3.63) is 70.8 Å². The first-order chi connectivity index (χ1) is 16.7. The van der Waals surface area contributed by atoms with Crippen molar-refractivity contribution in [3.63, 3.8) is 0 Å². The van der Waals surface area contributed by atoms with E-state index in [-0.39, 0.29) is 16.7 Å². The van der Waals surface area contributed by atoms with Crippen LogP contribution in [0.15, 0.2) is 54.1 Å². The normalized spacial score (nSPS) is 20.9. The number of carbonyl (C=O) groups excluding carboxylic acids is 2. The van der Waals surface area contributed by atoms with E-state index in [1.807, 2.05) is 24.3 Å². The molecule has 0 radical (unpaired) electrons. The SMILES string of the molecule is COc1ccc(C(O)=C2C(=O)C(=O)N(CCN3CCNCC3)C2c2ccc(C(C)(C)C)cc2)cc1. The molecule has 2 heterocycles. The number of aliphatic hydroxyl groups is 1. The van der Waals surface area contributed by atoms with Gasteiger partial charge < -0.3 is 20.1 Å². The van der Waals surface area contributed by atoms with Gasteiger partial charge in [-0.2, -0.15) is 0 Å². The molecule has 0 saturated carbocycles. The van der Waals surface area contributed by atoms with Gasteiger partial charge in [-0.3, -0.25) is 14.5 Å². The summed E-state index contributed by atoms with van der Waals surface area (Å²) in [6.07, 6.45) is 0. The first-order valence-electron chi connectivity index (χ1n) is 12.2. The number of likely N-dealkylation sites (tertiary alicyclic amines) is 1. The van der Waals surface area contributed by atoms with Crippen molar-refractivity contribution in [3.8, 4) is 5.75 Å². The van der Waals surface area contributed by atoms with Gasteiger partial charge in [-0.1, -0.05) is 45.0 Å². The van der Waals surface area contributed by atoms with Crippen LogP contribution in [-0.4, -0.2) is 73.0 Å². The van der Waals surface area contributed by atoms with Crippen molar-refractivity contribution in [1.29, 1.82) is 0 Å². The van der Waals surface area contributed by atoms with Crippen LogP contribution in [0.5, 0.6) is 5.75 Å². The second-order valence-electron chi connectivity index (χ2n) is 10.2. The molecule has 4 rings (SSSR count). The molecule has 1 amide bonds. The van der Waals surface area contributed by atoms with Crippen LogP contribution in [0.4, 0.5) is 0 Å². The Kier molecular flexibility index (Phi) is 7.28. The van der Waals surface area contributed by atoms with E-state index >= 15 is 0 Å². The summed E-state index contributed by atoms with van der Waals surface area (Å²) in [4.78, 5) is 30.4. The number of ketones is 1. The first kappa shape index (κ1) is 24.9. The second-order valence-corrected chi connectivity index (χ2v) is 10.2. The van der Waals surface area contributed by atoms with E-state index < -0.39 is 17.7 Å². The summed E-state index contributed by atoms with van der Waals surface area (Å²) in [5.74, 6) is -0.739. The van der Waals surface area contributed by atoms with Crippen LogP contribution >= 0.6 is 0 Å². The minimum Gasteiger partial charge on any atom is -0.507 e. The maximum absolute atomic E-state index is 13.3. The van der Waals surface area contributed by atoms with Gasteiger partial charge in [0.15, 0.2) is 0 Å². The van der Waals surface area contributed by atoms with Gasteiger partial charge in [0.05, 0.1) is 18.7 Å². The van der Waals surface area contributed by atoms with E-state index in [0.29, 0.717) is 24.4 Å². The smallest absolute Gasteiger partial charge is 0.295 e. The molecule has 2 aliphatic heterocycles. The molecule has 2 N–H and O–H groups in total. The van der Waals surface area contributed by atoms with Crippen LogP contribution in [-0.2, 0) is 15.0 Å². The first-order valence-corrected chi connectivity index (χ1v) is 12.2. The zero-order valence-electron chi connectivity index (χ0n) is 21.0. The molecule has 7 nitrogen and oxygen atoms in total. The van der Waals surface area contributed by atoms with E-state index in [0.717, 1.165) is 37.3 Å². The fourth-order valence-corrected chi connectivity index (χ4v) is 4.71. The highest BCUT2D eigenvalue weighted by molar-refractivity contribution is 6.46. The third-order valence-corrected chi connectivity index (χ3v) is 6.86. The molecule has 186 valence electrons. The maximum atomic E-state index is 13.3. The molecule has 2 saturated heterocycles. The Morgan fingerprint density at radius 1 is 1.00 bits per heavy atom. The van der Waals surface area contributed by atoms with E-state index in [1.54, 1.807) is 36.3 Å². The minimum absolute atomic E-state index is 0.0221. The van der Waals surface area contributed by atoms with Crippen molar-refractivity contribution in [2.24, 2.45) is 0 Å². The predicted molar refractivity (Wildman–Crippen MR) is 136 cm³/mol. The highest BCUT2D eigenvalue weighted by atomic mass is 16.5. The monoisotopic (exact) mass is 477 g/mol. The van der Waals surface area contributed by atoms with Crippen LogP contribution in [0.1, 0.15) is 43.5 Å². The molecule has 0 aliphatic carbocycles. The Labute approximate surface area is 207 Å². The van der Waals surface area contributed by atoms with Crippen LogP contribution in [0, 0.1) is 0 Å². The van der Waals surface area contributed by atoms with Gasteiger partial charge in [-0.05, 0) is 40.8 Å². The number of benzene rings is 2. The molecule has 2 aromatic rings. The number of hydrogen-bond acceptors (Lipinski definition) is 6. The number of ether oxygens (including phenoxy) is 1. The topological polar surface area (TPSA) is 82.1 Å². The van der Waals surface area contributed by atoms with E-state index in [1.165, 1.54) is 0 Å². The van der Waals surface area contributed by atoms with Gasteiger partial charge in [0.2, 0.25) is 0 Å². The molecule has 35 heavy (non-hydrogen) atoms. The zero-order chi connectivity index (χ0) is 25.2. The predicted octanol–water partition coefficient (Wildman–Crippen LogP) is 3.32. The number of nitrogens with one attached hydrogen (secondary N) is 1. The van der Waals surface area contributed by atoms with E-state index in [2.05, 4.69) is 31.0 Å². The lowest BCUT2D eigenvalue weighted by Crippen LogP contribution is -2.46. The number of aliphatic hydroxyl groups excluding tert-OH is 1. The van der Waals surface area contributed by atoms with Gasteiger partial charge in [-0.15, -0.1) is 0 Å². The highest BCUT2D eigenvalue weighted by Gasteiger charge is 2.46. The molecule has 0 bridgehead atoms. The minimum atomic E-state index is -0.650. The largest absolute Gasteiger partial charge is 0.507 e. The average molecular weight is 478 g/mol. The number of nitrogens with zero attached hydrogens (tertiary/aromatic N) is 2. The molecule has 0 spiro atoms. The van der Waals surface area contributed by atoms with Gasteiger partial charge in [0.25, 0.3) is 11.7 Å². The Morgan fingerprint density at radius 3 is 2.20 bits per heavy atom. The van der Waals surface area contributed by atoms with Gasteiger partial charge in [0.1, 0.15) is 11.5 Å². The van der Waals surface area contributed by atoms with Crippen LogP contribution in [0.25, 0.3) is 5.76 Å². The lowest BCUT2D eigenvalue weighted by Gasteiger charge is -2.31. The number of methoxy groups -OCH3 is 1. The third kappa shape index (κ3) is 5.26. The molecule has 2 aromatic carbocycles. The van der Waals surface area contributed by atoms with Crippen LogP contribution in [0.2, 0.25) is 0 Å². The Balaban J connectivity index is 1.74. The summed E-state index contributed by atoms with van der Waals surface area (Å²) in [6.45, 7) is 11.1. The lowest BCUT2D eigenvalue weighted by atomic mass is 9.85. The second kappa shape index (κ2) is 10.2.